The highest BCUT2D eigenvalue weighted by Gasteiger charge is 2.48. The van der Waals surface area contributed by atoms with Crippen molar-refractivity contribution in [3.05, 3.63) is 23.3 Å². The first kappa shape index (κ1) is 13.8. The van der Waals surface area contributed by atoms with Crippen LogP contribution in [0.4, 0.5) is 8.78 Å². The molecule has 0 aromatic carbocycles. The number of carbonyl (C=O) groups is 1. The van der Waals surface area contributed by atoms with Gasteiger partial charge in [-0.2, -0.15) is 0 Å². The van der Waals surface area contributed by atoms with Crippen LogP contribution < -0.4 is 0 Å². The van der Waals surface area contributed by atoms with Gasteiger partial charge in [0.05, 0.1) is 6.61 Å². The van der Waals surface area contributed by atoms with Gasteiger partial charge in [-0.25, -0.2) is 23.5 Å². The molecule has 0 bridgehead atoms. The third kappa shape index (κ3) is 2.72. The van der Waals surface area contributed by atoms with Crippen molar-refractivity contribution in [2.45, 2.75) is 39.5 Å². The van der Waals surface area contributed by atoms with Crippen LogP contribution in [0.5, 0.6) is 0 Å². The normalized spacial score (nSPS) is 20.4. The Bertz CT molecular complexity index is 503. The molecule has 1 aliphatic carbocycles. The maximum atomic E-state index is 13.0. The van der Waals surface area contributed by atoms with Crippen LogP contribution >= 0.6 is 0 Å². The smallest absolute Gasteiger partial charge is 0.341 e. The van der Waals surface area contributed by atoms with E-state index in [1.807, 2.05) is 13.8 Å². The molecule has 1 unspecified atom stereocenters. The average Bonchev–Trinajstić information content (AvgIpc) is 2.98. The largest absolute Gasteiger partial charge is 0.462 e. The van der Waals surface area contributed by atoms with E-state index in [0.717, 1.165) is 12.6 Å². The second-order valence-corrected chi connectivity index (χ2v) is 5.29. The second-order valence-electron chi connectivity index (χ2n) is 5.29. The minimum Gasteiger partial charge on any atom is -0.462 e. The monoisotopic (exact) mass is 270 g/mol. The van der Waals surface area contributed by atoms with Crippen molar-refractivity contribution >= 4 is 5.97 Å². The molecule has 4 nitrogen and oxygen atoms in total. The van der Waals surface area contributed by atoms with Gasteiger partial charge in [0.15, 0.2) is 0 Å². The zero-order valence-electron chi connectivity index (χ0n) is 11.1. The van der Waals surface area contributed by atoms with Gasteiger partial charge in [-0.1, -0.05) is 13.8 Å². The Hall–Kier alpha value is -1.59. The summed E-state index contributed by atoms with van der Waals surface area (Å²) in [6, 6.07) is 0. The van der Waals surface area contributed by atoms with E-state index in [0.29, 0.717) is 5.82 Å². The number of hydrogen-bond donors (Lipinski definition) is 0. The van der Waals surface area contributed by atoms with Crippen LogP contribution in [-0.2, 0) is 4.74 Å². The first-order chi connectivity index (χ1) is 8.86. The van der Waals surface area contributed by atoms with Crippen molar-refractivity contribution < 1.29 is 18.3 Å². The molecule has 1 atom stereocenters. The van der Waals surface area contributed by atoms with Gasteiger partial charge in [-0.3, -0.25) is 0 Å². The van der Waals surface area contributed by atoms with Crippen molar-refractivity contribution in [3.63, 3.8) is 0 Å². The van der Waals surface area contributed by atoms with Crippen LogP contribution in [-0.4, -0.2) is 22.5 Å². The SMILES string of the molecule is CCOC(=O)c1cnc(C2CC2(C)C)nc1C(F)F. The standard InChI is InChI=1S/C13H16F2N2O2/c1-4-19-12(18)7-6-16-11(8-5-13(8,2)3)17-9(7)10(14)15/h6,8,10H,4-5H2,1-3H3. The molecule has 1 fully saturated rings. The summed E-state index contributed by atoms with van der Waals surface area (Å²) < 4.78 is 30.7. The first-order valence-corrected chi connectivity index (χ1v) is 6.19. The summed E-state index contributed by atoms with van der Waals surface area (Å²) >= 11 is 0. The molecule has 1 aliphatic rings. The highest BCUT2D eigenvalue weighted by atomic mass is 19.3. The molecule has 1 aromatic heterocycles. The molecule has 1 heterocycles. The van der Waals surface area contributed by atoms with E-state index >= 15 is 0 Å². The maximum absolute atomic E-state index is 13.0. The molecule has 0 radical (unpaired) electrons. The molecule has 2 rings (SSSR count). The van der Waals surface area contributed by atoms with E-state index < -0.39 is 18.1 Å². The minimum atomic E-state index is -2.82. The molecule has 1 saturated carbocycles. The summed E-state index contributed by atoms with van der Waals surface area (Å²) in [7, 11) is 0. The van der Waals surface area contributed by atoms with Crippen LogP contribution in [0.25, 0.3) is 0 Å². The quantitative estimate of drug-likeness (QED) is 0.789. The van der Waals surface area contributed by atoms with E-state index in [2.05, 4.69) is 9.97 Å². The lowest BCUT2D eigenvalue weighted by Crippen LogP contribution is -2.13. The van der Waals surface area contributed by atoms with Gasteiger partial charge in [0.1, 0.15) is 17.1 Å². The van der Waals surface area contributed by atoms with E-state index in [4.69, 9.17) is 4.74 Å². The Morgan fingerprint density at radius 1 is 1.58 bits per heavy atom. The lowest BCUT2D eigenvalue weighted by atomic mass is 10.1. The Morgan fingerprint density at radius 3 is 2.68 bits per heavy atom. The zero-order valence-corrected chi connectivity index (χ0v) is 11.1. The topological polar surface area (TPSA) is 52.1 Å². The van der Waals surface area contributed by atoms with Gasteiger partial charge >= 0.3 is 5.97 Å². The van der Waals surface area contributed by atoms with Gasteiger partial charge in [0, 0.05) is 12.1 Å². The molecule has 0 spiro atoms. The fraction of sp³-hybridized carbons (Fsp3) is 0.615. The molecule has 19 heavy (non-hydrogen) atoms. The number of hydrogen-bond acceptors (Lipinski definition) is 4. The molecular formula is C13H16F2N2O2. The third-order valence-electron chi connectivity index (χ3n) is 3.36. The maximum Gasteiger partial charge on any atom is 0.341 e. The summed E-state index contributed by atoms with van der Waals surface area (Å²) in [6.45, 7) is 5.80. The number of ether oxygens (including phenoxy) is 1. The molecule has 0 N–H and O–H groups in total. The molecule has 104 valence electrons. The molecule has 0 aliphatic heterocycles. The predicted octanol–water partition coefficient (Wildman–Crippen LogP) is 3.10. The van der Waals surface area contributed by atoms with Crippen molar-refractivity contribution in [2.75, 3.05) is 6.61 Å². The van der Waals surface area contributed by atoms with Crippen LogP contribution in [0.2, 0.25) is 0 Å². The zero-order chi connectivity index (χ0) is 14.2. The first-order valence-electron chi connectivity index (χ1n) is 6.19. The Morgan fingerprint density at radius 2 is 2.21 bits per heavy atom. The Labute approximate surface area is 110 Å². The molecule has 6 heteroatoms. The highest BCUT2D eigenvalue weighted by molar-refractivity contribution is 5.90. The van der Waals surface area contributed by atoms with Crippen molar-refractivity contribution in [1.82, 2.24) is 9.97 Å². The number of aromatic nitrogens is 2. The van der Waals surface area contributed by atoms with Crippen molar-refractivity contribution in [2.24, 2.45) is 5.41 Å². The fourth-order valence-electron chi connectivity index (χ4n) is 2.02. The Kier molecular flexibility index (Phi) is 3.52. The second kappa shape index (κ2) is 4.83. The van der Waals surface area contributed by atoms with E-state index in [9.17, 15) is 13.6 Å². The van der Waals surface area contributed by atoms with Gasteiger partial charge in [-0.05, 0) is 18.8 Å². The lowest BCUT2D eigenvalue weighted by molar-refractivity contribution is 0.0512. The summed E-state index contributed by atoms with van der Waals surface area (Å²) in [6.07, 6.45) is -0.798. The van der Waals surface area contributed by atoms with Gasteiger partial charge in [-0.15, -0.1) is 0 Å². The average molecular weight is 270 g/mol. The molecule has 1 aromatic rings. The molecule has 0 saturated heterocycles. The minimum absolute atomic E-state index is 0.0465. The van der Waals surface area contributed by atoms with Gasteiger partial charge in [0.25, 0.3) is 6.43 Å². The number of carbonyl (C=O) groups excluding carboxylic acids is 1. The number of esters is 1. The Balaban J connectivity index is 2.33. The predicted molar refractivity (Wildman–Crippen MR) is 64.1 cm³/mol. The lowest BCUT2D eigenvalue weighted by Gasteiger charge is -2.09. The number of halogens is 2. The van der Waals surface area contributed by atoms with E-state index in [-0.39, 0.29) is 23.5 Å². The van der Waals surface area contributed by atoms with E-state index in [1.165, 1.54) is 0 Å². The highest BCUT2D eigenvalue weighted by Crippen LogP contribution is 2.57. The number of nitrogens with zero attached hydrogens (tertiary/aromatic N) is 2. The van der Waals surface area contributed by atoms with Crippen LogP contribution in [0.3, 0.4) is 0 Å². The third-order valence-corrected chi connectivity index (χ3v) is 3.36. The van der Waals surface area contributed by atoms with Gasteiger partial charge in [0.2, 0.25) is 0 Å². The van der Waals surface area contributed by atoms with Crippen LogP contribution in [0, 0.1) is 5.41 Å². The summed E-state index contributed by atoms with van der Waals surface area (Å²) in [5.74, 6) is -0.339. The molecule has 0 amide bonds. The number of rotatable bonds is 4. The van der Waals surface area contributed by atoms with Crippen LogP contribution in [0.15, 0.2) is 6.20 Å². The summed E-state index contributed by atoms with van der Waals surface area (Å²) in [5.41, 5.74) is -0.740. The summed E-state index contributed by atoms with van der Waals surface area (Å²) in [5, 5.41) is 0. The van der Waals surface area contributed by atoms with E-state index in [1.54, 1.807) is 6.92 Å². The van der Waals surface area contributed by atoms with Crippen molar-refractivity contribution in [1.29, 1.82) is 0 Å². The van der Waals surface area contributed by atoms with Crippen molar-refractivity contribution in [3.8, 4) is 0 Å². The fourth-order valence-corrected chi connectivity index (χ4v) is 2.02. The van der Waals surface area contributed by atoms with Gasteiger partial charge < -0.3 is 4.74 Å². The van der Waals surface area contributed by atoms with Crippen LogP contribution in [0.1, 0.15) is 61.4 Å². The molecular weight excluding hydrogens is 254 g/mol. The summed E-state index contributed by atoms with van der Waals surface area (Å²) in [4.78, 5) is 19.5. The number of alkyl halides is 2.